The molecule has 40 heavy (non-hydrogen) atoms. The van der Waals surface area contributed by atoms with E-state index in [1.54, 1.807) is 6.20 Å². The number of alkyl halides is 3. The minimum atomic E-state index is -4.29. The number of nitrogens with one attached hydrogen (secondary N) is 1. The first-order chi connectivity index (χ1) is 19.1. The molecule has 1 fully saturated rings. The van der Waals surface area contributed by atoms with E-state index in [9.17, 15) is 18.3 Å². The molecule has 0 amide bonds. The summed E-state index contributed by atoms with van der Waals surface area (Å²) in [6.45, 7) is 0.601. The lowest BCUT2D eigenvalue weighted by molar-refractivity contribution is -0.126. The van der Waals surface area contributed by atoms with Crippen molar-refractivity contribution >= 4 is 27.4 Å². The predicted octanol–water partition coefficient (Wildman–Crippen LogP) is 4.39. The van der Waals surface area contributed by atoms with Gasteiger partial charge in [0.2, 0.25) is 0 Å². The maximum atomic E-state index is 12.9. The molecule has 9 nitrogen and oxygen atoms in total. The Morgan fingerprint density at radius 2 is 1.88 bits per heavy atom. The molecule has 0 unspecified atom stereocenters. The topological polar surface area (TPSA) is 106 Å². The van der Waals surface area contributed by atoms with Gasteiger partial charge in [-0.15, -0.1) is 11.3 Å². The van der Waals surface area contributed by atoms with Crippen LogP contribution in [0.3, 0.4) is 0 Å². The Hall–Kier alpha value is -3.55. The fourth-order valence-electron chi connectivity index (χ4n) is 5.01. The van der Waals surface area contributed by atoms with Gasteiger partial charge in [-0.05, 0) is 24.5 Å². The van der Waals surface area contributed by atoms with Gasteiger partial charge in [0.1, 0.15) is 17.0 Å². The van der Waals surface area contributed by atoms with Crippen molar-refractivity contribution < 1.29 is 27.8 Å². The Kier molecular flexibility index (Phi) is 8.06. The van der Waals surface area contributed by atoms with E-state index in [1.807, 2.05) is 36.2 Å². The molecule has 0 radical (unpaired) electrons. The molecule has 3 heterocycles. The van der Waals surface area contributed by atoms with Crippen molar-refractivity contribution in [1.82, 2.24) is 25.3 Å². The van der Waals surface area contributed by atoms with Gasteiger partial charge in [0.05, 0.1) is 44.4 Å². The predicted molar refractivity (Wildman–Crippen MR) is 146 cm³/mol. The number of anilines is 1. The van der Waals surface area contributed by atoms with Crippen LogP contribution < -0.4 is 19.7 Å². The summed E-state index contributed by atoms with van der Waals surface area (Å²) in [6.07, 6.45) is -1.79. The number of fused-ring (bicyclic) bond motifs is 1. The largest absolute Gasteiger partial charge is 0.490 e. The second kappa shape index (κ2) is 11.5. The molecule has 2 N–H and O–H groups in total. The molecule has 0 saturated heterocycles. The SMILES string of the molecule is COc1cnc(-c2ccc(CN[C@H]3C[C@@H](O)[C@@H](N(C)c4ncnc5sc(CC(F)(F)F)cc45)C3)cc2)nc1OC. The smallest absolute Gasteiger partial charge is 0.393 e. The number of ether oxygens (including phenoxy) is 2. The number of aliphatic hydroxyl groups excluding tert-OH is 1. The van der Waals surface area contributed by atoms with E-state index in [4.69, 9.17) is 9.47 Å². The van der Waals surface area contributed by atoms with Crippen LogP contribution in [0, 0.1) is 0 Å². The fourth-order valence-corrected chi connectivity index (χ4v) is 6.03. The molecular formula is C27H29F3N6O3S. The molecular weight excluding hydrogens is 545 g/mol. The average Bonchev–Trinajstić information content (AvgIpc) is 3.52. The van der Waals surface area contributed by atoms with Gasteiger partial charge in [0, 0.05) is 30.1 Å². The number of rotatable bonds is 9. The highest BCUT2D eigenvalue weighted by Crippen LogP contribution is 2.36. The summed E-state index contributed by atoms with van der Waals surface area (Å²) in [4.78, 5) is 19.8. The fraction of sp³-hybridized carbons (Fsp3) is 0.407. The molecule has 1 aliphatic rings. The number of methoxy groups -OCH3 is 2. The molecule has 1 saturated carbocycles. The van der Waals surface area contributed by atoms with Crippen molar-refractivity contribution in [1.29, 1.82) is 0 Å². The standard InChI is InChI=1S/C27H29F3N6O3S/c1-36(24-19-10-18(11-27(28,29)30)40-26(19)34-14-33-24)20-8-17(9-21(20)37)31-12-15-4-6-16(7-5-15)23-32-13-22(38-2)25(35-23)39-3/h4-7,10,13-14,17,20-21,31,37H,8-9,11-12H2,1-3H3/t17-,20+,21-/m1/s1. The summed E-state index contributed by atoms with van der Waals surface area (Å²) < 4.78 is 49.2. The lowest BCUT2D eigenvalue weighted by atomic mass is 10.1. The van der Waals surface area contributed by atoms with Crippen molar-refractivity contribution in [3.63, 3.8) is 0 Å². The molecule has 13 heteroatoms. The lowest BCUT2D eigenvalue weighted by Gasteiger charge is -2.28. The second-order valence-electron chi connectivity index (χ2n) is 9.68. The number of benzene rings is 1. The van der Waals surface area contributed by atoms with E-state index in [1.165, 1.54) is 26.6 Å². The van der Waals surface area contributed by atoms with E-state index < -0.39 is 18.7 Å². The third-order valence-electron chi connectivity index (χ3n) is 7.00. The summed E-state index contributed by atoms with van der Waals surface area (Å²) in [6, 6.07) is 9.17. The van der Waals surface area contributed by atoms with Crippen LogP contribution in [0.5, 0.6) is 11.6 Å². The first-order valence-corrected chi connectivity index (χ1v) is 13.5. The molecule has 4 aromatic rings. The Bertz CT molecular complexity index is 1470. The molecule has 5 rings (SSSR count). The summed E-state index contributed by atoms with van der Waals surface area (Å²) in [5, 5.41) is 14.9. The first kappa shape index (κ1) is 28.0. The zero-order valence-corrected chi connectivity index (χ0v) is 23.0. The van der Waals surface area contributed by atoms with E-state index in [2.05, 4.69) is 25.3 Å². The van der Waals surface area contributed by atoms with Gasteiger partial charge >= 0.3 is 6.18 Å². The highest BCUT2D eigenvalue weighted by molar-refractivity contribution is 7.18. The van der Waals surface area contributed by atoms with Gasteiger partial charge in [0.15, 0.2) is 11.6 Å². The number of hydrogen-bond donors (Lipinski definition) is 2. The van der Waals surface area contributed by atoms with E-state index in [0.717, 1.165) is 22.5 Å². The maximum Gasteiger partial charge on any atom is 0.393 e. The summed E-state index contributed by atoms with van der Waals surface area (Å²) >= 11 is 1.02. The van der Waals surface area contributed by atoms with Crippen molar-refractivity contribution in [3.05, 3.63) is 53.3 Å². The minimum Gasteiger partial charge on any atom is -0.490 e. The Morgan fingerprint density at radius 3 is 2.58 bits per heavy atom. The molecule has 1 aromatic carbocycles. The zero-order chi connectivity index (χ0) is 28.4. The summed E-state index contributed by atoms with van der Waals surface area (Å²) in [5.74, 6) is 1.87. The molecule has 0 bridgehead atoms. The Morgan fingerprint density at radius 1 is 1.10 bits per heavy atom. The molecule has 0 spiro atoms. The molecule has 3 aromatic heterocycles. The van der Waals surface area contributed by atoms with E-state index >= 15 is 0 Å². The Balaban J connectivity index is 1.22. The normalized spacial score (nSPS) is 19.2. The molecule has 1 aliphatic carbocycles. The van der Waals surface area contributed by atoms with Crippen LogP contribution >= 0.6 is 11.3 Å². The van der Waals surface area contributed by atoms with Crippen molar-refractivity contribution in [2.45, 2.75) is 50.2 Å². The van der Waals surface area contributed by atoms with Crippen molar-refractivity contribution in [2.24, 2.45) is 0 Å². The highest BCUT2D eigenvalue weighted by atomic mass is 32.1. The molecule has 3 atom stereocenters. The number of thiophene rings is 1. The van der Waals surface area contributed by atoms with E-state index in [-0.39, 0.29) is 17.0 Å². The van der Waals surface area contributed by atoms with Gasteiger partial charge in [-0.1, -0.05) is 24.3 Å². The highest BCUT2D eigenvalue weighted by Gasteiger charge is 2.37. The van der Waals surface area contributed by atoms with Crippen LogP contribution in [0.1, 0.15) is 23.3 Å². The van der Waals surface area contributed by atoms with Crippen LogP contribution in [0.2, 0.25) is 0 Å². The molecule has 212 valence electrons. The Labute approximate surface area is 233 Å². The summed E-state index contributed by atoms with van der Waals surface area (Å²) in [7, 11) is 4.87. The zero-order valence-electron chi connectivity index (χ0n) is 22.1. The van der Waals surface area contributed by atoms with Crippen LogP contribution in [0.15, 0.2) is 42.9 Å². The third-order valence-corrected chi connectivity index (χ3v) is 8.05. The van der Waals surface area contributed by atoms with Gasteiger partial charge in [-0.3, -0.25) is 0 Å². The number of aromatic nitrogens is 4. The minimum absolute atomic E-state index is 0.0527. The number of likely N-dealkylation sites (N-methyl/N-ethyl adjacent to an activating group) is 1. The second-order valence-corrected chi connectivity index (χ2v) is 10.8. The summed E-state index contributed by atoms with van der Waals surface area (Å²) in [5.41, 5.74) is 1.90. The number of hydrogen-bond acceptors (Lipinski definition) is 10. The van der Waals surface area contributed by atoms with Crippen LogP contribution in [-0.4, -0.2) is 70.7 Å². The van der Waals surface area contributed by atoms with E-state index in [0.29, 0.717) is 52.9 Å². The van der Waals surface area contributed by atoms with Crippen molar-refractivity contribution in [2.75, 3.05) is 26.2 Å². The number of nitrogens with zero attached hydrogens (tertiary/aromatic N) is 5. The monoisotopic (exact) mass is 574 g/mol. The van der Waals surface area contributed by atoms with Gasteiger partial charge in [-0.2, -0.15) is 18.2 Å². The number of halogens is 3. The van der Waals surface area contributed by atoms with Gasteiger partial charge in [-0.25, -0.2) is 15.0 Å². The quantitative estimate of drug-likeness (QED) is 0.301. The van der Waals surface area contributed by atoms with Crippen LogP contribution in [0.4, 0.5) is 19.0 Å². The van der Waals surface area contributed by atoms with Gasteiger partial charge < -0.3 is 24.8 Å². The average molecular weight is 575 g/mol. The lowest BCUT2D eigenvalue weighted by Crippen LogP contribution is -2.38. The molecule has 0 aliphatic heterocycles. The first-order valence-electron chi connectivity index (χ1n) is 12.6. The van der Waals surface area contributed by atoms with Crippen molar-refractivity contribution in [3.8, 4) is 23.0 Å². The maximum absolute atomic E-state index is 12.9. The number of aliphatic hydroxyl groups is 1. The van der Waals surface area contributed by atoms with Crippen LogP contribution in [-0.2, 0) is 13.0 Å². The third kappa shape index (κ3) is 6.11. The van der Waals surface area contributed by atoms with Crippen LogP contribution in [0.25, 0.3) is 21.6 Å². The van der Waals surface area contributed by atoms with Gasteiger partial charge in [0.25, 0.3) is 5.88 Å².